The summed E-state index contributed by atoms with van der Waals surface area (Å²) in [4.78, 5) is 45.8. The third kappa shape index (κ3) is 5.31. The van der Waals surface area contributed by atoms with Gasteiger partial charge < -0.3 is 29.9 Å². The van der Waals surface area contributed by atoms with Gasteiger partial charge in [0, 0.05) is 37.4 Å². The summed E-state index contributed by atoms with van der Waals surface area (Å²) in [6.45, 7) is 1.65. The molecule has 1 spiro atoms. The highest BCUT2D eigenvalue weighted by atomic mass is 16.5. The molecule has 3 heterocycles. The molecule has 4 aliphatic rings. The van der Waals surface area contributed by atoms with E-state index in [1.54, 1.807) is 36.3 Å². The second-order valence-electron chi connectivity index (χ2n) is 12.0. The van der Waals surface area contributed by atoms with Gasteiger partial charge in [-0.2, -0.15) is 0 Å². The van der Waals surface area contributed by atoms with E-state index in [-0.39, 0.29) is 23.8 Å². The maximum absolute atomic E-state index is 14.2. The van der Waals surface area contributed by atoms with Gasteiger partial charge in [0.05, 0.1) is 25.0 Å². The van der Waals surface area contributed by atoms with Crippen molar-refractivity contribution in [2.75, 3.05) is 32.6 Å². The van der Waals surface area contributed by atoms with Gasteiger partial charge in [0.25, 0.3) is 0 Å². The van der Waals surface area contributed by atoms with Crippen molar-refractivity contribution in [3.05, 3.63) is 72.3 Å². The van der Waals surface area contributed by atoms with Crippen LogP contribution in [0.15, 0.2) is 66.7 Å². The molecule has 3 amide bonds. The second kappa shape index (κ2) is 11.9. The Morgan fingerprint density at radius 3 is 2.62 bits per heavy atom. The first-order chi connectivity index (χ1) is 20.4. The Kier molecular flexibility index (Phi) is 8.05. The fraction of sp³-hybridized carbons (Fsp3) is 0.485. The molecule has 2 bridgehead atoms. The van der Waals surface area contributed by atoms with Crippen molar-refractivity contribution in [3.8, 4) is 5.75 Å². The minimum absolute atomic E-state index is 0.0918. The number of carbonyl (C=O) groups excluding carboxylic acids is 3. The maximum Gasteiger partial charge on any atom is 0.246 e. The number of likely N-dealkylation sites (tertiary alicyclic amines) is 1. The van der Waals surface area contributed by atoms with E-state index in [1.807, 2.05) is 37.4 Å². The van der Waals surface area contributed by atoms with Gasteiger partial charge in [-0.05, 0) is 37.6 Å². The number of hydrogen-bond donors (Lipinski definition) is 2. The zero-order chi connectivity index (χ0) is 29.3. The van der Waals surface area contributed by atoms with E-state index in [9.17, 15) is 14.4 Å². The number of fused-ring (bicyclic) bond motifs is 1. The summed E-state index contributed by atoms with van der Waals surface area (Å²) in [7, 11) is 3.58. The molecule has 5 atom stereocenters. The van der Waals surface area contributed by atoms with Gasteiger partial charge in [0.1, 0.15) is 17.4 Å². The van der Waals surface area contributed by atoms with Crippen LogP contribution in [0.3, 0.4) is 0 Å². The number of anilines is 1. The van der Waals surface area contributed by atoms with Crippen LogP contribution in [0.2, 0.25) is 0 Å². The average Bonchev–Trinajstić information content (AvgIpc) is 3.64. The standard InChI is InChI=1S/C33H40N4O5/c1-36(21-22-10-5-3-6-11-22)18-19-37-29(31(39)34-23-12-7-4-8-13-23)33-17-16-26(42-33)27(28(33)32(37)40)30(38)35-24-14-9-15-25(20-24)41-2/h3,5-6,9-11,14-17,20,23,26-29H,4,7-8,12-13,18-19,21H2,1-2H3,(H,34,39)(H,35,38)/t26-,27?,28-,29?,33?/m0/s1. The van der Waals surface area contributed by atoms with E-state index in [0.29, 0.717) is 24.5 Å². The molecule has 2 aromatic rings. The molecule has 2 N–H and O–H groups in total. The second-order valence-corrected chi connectivity index (χ2v) is 12.0. The molecule has 9 nitrogen and oxygen atoms in total. The Balaban J connectivity index is 1.24. The molecule has 3 fully saturated rings. The van der Waals surface area contributed by atoms with Gasteiger partial charge >= 0.3 is 0 Å². The van der Waals surface area contributed by atoms with Crippen LogP contribution in [0.5, 0.6) is 5.75 Å². The van der Waals surface area contributed by atoms with Crippen molar-refractivity contribution in [1.82, 2.24) is 15.1 Å². The molecule has 0 radical (unpaired) electrons. The number of methoxy groups -OCH3 is 1. The molecule has 3 aliphatic heterocycles. The van der Waals surface area contributed by atoms with Crippen molar-refractivity contribution in [3.63, 3.8) is 0 Å². The first-order valence-corrected chi connectivity index (χ1v) is 15.0. The van der Waals surface area contributed by atoms with E-state index in [4.69, 9.17) is 9.47 Å². The molecule has 2 saturated heterocycles. The highest BCUT2D eigenvalue weighted by Gasteiger charge is 2.72. The molecule has 222 valence electrons. The molecule has 9 heteroatoms. The normalized spacial score (nSPS) is 28.3. The Hall–Kier alpha value is -3.69. The fourth-order valence-corrected chi connectivity index (χ4v) is 7.21. The van der Waals surface area contributed by atoms with Crippen molar-refractivity contribution in [2.45, 2.75) is 62.4 Å². The van der Waals surface area contributed by atoms with Crippen LogP contribution < -0.4 is 15.4 Å². The molecular formula is C33H40N4O5. The van der Waals surface area contributed by atoms with E-state index in [0.717, 1.165) is 32.2 Å². The molecule has 2 aromatic carbocycles. The highest BCUT2D eigenvalue weighted by molar-refractivity contribution is 6.02. The van der Waals surface area contributed by atoms with Gasteiger partial charge in [-0.1, -0.05) is 67.8 Å². The van der Waals surface area contributed by atoms with Crippen LogP contribution in [0, 0.1) is 11.8 Å². The summed E-state index contributed by atoms with van der Waals surface area (Å²) in [5.74, 6) is -1.60. The number of ether oxygens (including phenoxy) is 2. The number of likely N-dealkylation sites (N-methyl/N-ethyl adjacent to an activating group) is 1. The Morgan fingerprint density at radius 1 is 1.07 bits per heavy atom. The Bertz CT molecular complexity index is 1340. The number of rotatable bonds is 10. The van der Waals surface area contributed by atoms with Crippen molar-refractivity contribution in [1.29, 1.82) is 0 Å². The number of nitrogens with zero attached hydrogens (tertiary/aromatic N) is 2. The predicted molar refractivity (Wildman–Crippen MR) is 159 cm³/mol. The highest BCUT2D eigenvalue weighted by Crippen LogP contribution is 2.55. The lowest BCUT2D eigenvalue weighted by molar-refractivity contribution is -0.141. The van der Waals surface area contributed by atoms with Gasteiger partial charge in [-0.3, -0.25) is 14.4 Å². The smallest absolute Gasteiger partial charge is 0.246 e. The summed E-state index contributed by atoms with van der Waals surface area (Å²) in [6.07, 6.45) is 8.37. The lowest BCUT2D eigenvalue weighted by Gasteiger charge is -2.34. The number of carbonyl (C=O) groups is 3. The van der Waals surface area contributed by atoms with Crippen LogP contribution in [0.25, 0.3) is 0 Å². The summed E-state index contributed by atoms with van der Waals surface area (Å²) in [6, 6.07) is 16.5. The van der Waals surface area contributed by atoms with Crippen LogP contribution in [0.1, 0.15) is 37.7 Å². The van der Waals surface area contributed by atoms with Gasteiger partial charge in [-0.15, -0.1) is 0 Å². The quantitative estimate of drug-likeness (QED) is 0.424. The fourth-order valence-electron chi connectivity index (χ4n) is 7.21. The molecule has 6 rings (SSSR count). The van der Waals surface area contributed by atoms with Crippen LogP contribution in [-0.4, -0.2) is 78.6 Å². The van der Waals surface area contributed by atoms with Crippen molar-refractivity contribution >= 4 is 23.4 Å². The first kappa shape index (κ1) is 28.4. The number of amides is 3. The van der Waals surface area contributed by atoms with Crippen molar-refractivity contribution < 1.29 is 23.9 Å². The molecule has 3 unspecified atom stereocenters. The Labute approximate surface area is 247 Å². The molecular weight excluding hydrogens is 532 g/mol. The summed E-state index contributed by atoms with van der Waals surface area (Å²) >= 11 is 0. The number of benzene rings is 2. The van der Waals surface area contributed by atoms with Gasteiger partial charge in [0.2, 0.25) is 17.7 Å². The zero-order valence-electron chi connectivity index (χ0n) is 24.3. The number of hydrogen-bond acceptors (Lipinski definition) is 6. The first-order valence-electron chi connectivity index (χ1n) is 15.0. The topological polar surface area (TPSA) is 100 Å². The van der Waals surface area contributed by atoms with Gasteiger partial charge in [0.15, 0.2) is 0 Å². The summed E-state index contributed by atoms with van der Waals surface area (Å²) in [5, 5.41) is 6.21. The van der Waals surface area contributed by atoms with Crippen LogP contribution in [0.4, 0.5) is 5.69 Å². The lowest BCUT2D eigenvalue weighted by Crippen LogP contribution is -2.57. The maximum atomic E-state index is 14.2. The van der Waals surface area contributed by atoms with Crippen molar-refractivity contribution in [2.24, 2.45) is 11.8 Å². The minimum atomic E-state index is -1.17. The third-order valence-electron chi connectivity index (χ3n) is 9.23. The molecule has 1 aliphatic carbocycles. The van der Waals surface area contributed by atoms with Gasteiger partial charge in [-0.25, -0.2) is 0 Å². The lowest BCUT2D eigenvalue weighted by atomic mass is 9.74. The average molecular weight is 573 g/mol. The molecule has 1 saturated carbocycles. The zero-order valence-corrected chi connectivity index (χ0v) is 24.3. The SMILES string of the molecule is COc1cccc(NC(=O)C2[C@@H]3C=CC4(O3)C(C(=O)NC3CCCCC3)N(CCN(C)Cc3ccccc3)C(=O)[C@H]24)c1. The van der Waals surface area contributed by atoms with E-state index in [2.05, 4.69) is 27.7 Å². The van der Waals surface area contributed by atoms with E-state index < -0.39 is 29.6 Å². The van der Waals surface area contributed by atoms with E-state index >= 15 is 0 Å². The van der Waals surface area contributed by atoms with Crippen LogP contribution in [-0.2, 0) is 25.7 Å². The van der Waals surface area contributed by atoms with E-state index in [1.165, 1.54) is 12.0 Å². The van der Waals surface area contributed by atoms with Crippen LogP contribution >= 0.6 is 0 Å². The monoisotopic (exact) mass is 572 g/mol. The predicted octanol–water partition coefficient (Wildman–Crippen LogP) is 3.37. The molecule has 42 heavy (non-hydrogen) atoms. The number of nitrogens with one attached hydrogen (secondary N) is 2. The minimum Gasteiger partial charge on any atom is -0.497 e. The third-order valence-corrected chi connectivity index (χ3v) is 9.23. The summed E-state index contributed by atoms with van der Waals surface area (Å²) in [5.41, 5.74) is 0.583. The molecule has 0 aromatic heterocycles. The largest absolute Gasteiger partial charge is 0.497 e. The summed E-state index contributed by atoms with van der Waals surface area (Å²) < 4.78 is 11.8. The Morgan fingerprint density at radius 2 is 1.86 bits per heavy atom.